The number of ether oxygens (including phenoxy) is 1. The monoisotopic (exact) mass is 255 g/mol. The van der Waals surface area contributed by atoms with Gasteiger partial charge in [-0.05, 0) is 30.0 Å². The number of nitrogens with zero attached hydrogens (tertiary/aromatic N) is 2. The number of fused-ring (bicyclic) bond motifs is 1. The van der Waals surface area contributed by atoms with Crippen molar-refractivity contribution in [2.75, 3.05) is 13.2 Å². The highest BCUT2D eigenvalue weighted by atomic mass is 16.5. The van der Waals surface area contributed by atoms with Crippen LogP contribution in [-0.2, 0) is 4.74 Å². The summed E-state index contributed by atoms with van der Waals surface area (Å²) >= 11 is 0. The fourth-order valence-corrected chi connectivity index (χ4v) is 2.44. The zero-order valence-electron chi connectivity index (χ0n) is 10.3. The second kappa shape index (κ2) is 4.20. The quantitative estimate of drug-likeness (QED) is 0.764. The summed E-state index contributed by atoms with van der Waals surface area (Å²) in [5.74, 6) is 1.59. The Morgan fingerprint density at radius 2 is 2.26 bits per heavy atom. The van der Waals surface area contributed by atoms with E-state index in [0.29, 0.717) is 12.5 Å². The average molecular weight is 255 g/mol. The lowest BCUT2D eigenvalue weighted by Gasteiger charge is -1.98. The van der Waals surface area contributed by atoms with Gasteiger partial charge >= 0.3 is 0 Å². The van der Waals surface area contributed by atoms with Crippen LogP contribution in [-0.4, -0.2) is 28.3 Å². The van der Waals surface area contributed by atoms with Crippen molar-refractivity contribution in [1.29, 1.82) is 0 Å². The summed E-state index contributed by atoms with van der Waals surface area (Å²) in [4.78, 5) is 7.66. The number of hydrogen-bond donors (Lipinski definition) is 1. The molecule has 3 aromatic rings. The molecule has 3 heterocycles. The Morgan fingerprint density at radius 1 is 1.26 bits per heavy atom. The van der Waals surface area contributed by atoms with Gasteiger partial charge in [-0.25, -0.2) is 0 Å². The van der Waals surface area contributed by atoms with E-state index in [0.717, 1.165) is 29.9 Å². The standard InChI is InChI=1S/C14H13N3O2/c1-2-10(7-12-9(1)3-5-15-12)14-16-13(17-19-14)11-4-6-18-8-11/h1-3,5,7,11,15H,4,6,8H2/t11-/m0/s1. The van der Waals surface area contributed by atoms with Gasteiger partial charge in [0.25, 0.3) is 5.89 Å². The second-order valence-electron chi connectivity index (χ2n) is 4.80. The maximum Gasteiger partial charge on any atom is 0.258 e. The lowest BCUT2D eigenvalue weighted by molar-refractivity contribution is 0.192. The van der Waals surface area contributed by atoms with Crippen molar-refractivity contribution in [3.8, 4) is 11.5 Å². The summed E-state index contributed by atoms with van der Waals surface area (Å²) in [7, 11) is 0. The molecule has 4 rings (SSSR count). The first-order valence-corrected chi connectivity index (χ1v) is 6.39. The van der Waals surface area contributed by atoms with E-state index in [4.69, 9.17) is 9.26 Å². The maximum atomic E-state index is 5.36. The van der Waals surface area contributed by atoms with Crippen molar-refractivity contribution < 1.29 is 9.26 Å². The molecule has 1 fully saturated rings. The molecule has 1 aromatic carbocycles. The topological polar surface area (TPSA) is 63.9 Å². The van der Waals surface area contributed by atoms with Crippen LogP contribution in [0.4, 0.5) is 0 Å². The van der Waals surface area contributed by atoms with Gasteiger partial charge in [0.15, 0.2) is 5.82 Å². The van der Waals surface area contributed by atoms with Crippen LogP contribution in [0.25, 0.3) is 22.4 Å². The zero-order chi connectivity index (χ0) is 12.7. The molecule has 0 bridgehead atoms. The largest absolute Gasteiger partial charge is 0.381 e. The molecule has 0 aliphatic carbocycles. The molecular weight excluding hydrogens is 242 g/mol. The zero-order valence-corrected chi connectivity index (χ0v) is 10.3. The molecule has 5 heteroatoms. The summed E-state index contributed by atoms with van der Waals surface area (Å²) in [6, 6.07) is 8.11. The van der Waals surface area contributed by atoms with Crippen LogP contribution >= 0.6 is 0 Å². The molecule has 19 heavy (non-hydrogen) atoms. The highest BCUT2D eigenvalue weighted by Gasteiger charge is 2.23. The maximum absolute atomic E-state index is 5.36. The Labute approximate surface area is 109 Å². The van der Waals surface area contributed by atoms with Crippen molar-refractivity contribution >= 4 is 10.9 Å². The van der Waals surface area contributed by atoms with Gasteiger partial charge in [-0.1, -0.05) is 11.2 Å². The van der Waals surface area contributed by atoms with E-state index in [2.05, 4.69) is 15.1 Å². The first kappa shape index (κ1) is 10.8. The van der Waals surface area contributed by atoms with Gasteiger partial charge in [-0.15, -0.1) is 0 Å². The van der Waals surface area contributed by atoms with Gasteiger partial charge < -0.3 is 14.2 Å². The second-order valence-corrected chi connectivity index (χ2v) is 4.80. The van der Waals surface area contributed by atoms with Crippen molar-refractivity contribution in [2.24, 2.45) is 0 Å². The van der Waals surface area contributed by atoms with E-state index >= 15 is 0 Å². The predicted molar refractivity (Wildman–Crippen MR) is 69.8 cm³/mol. The Morgan fingerprint density at radius 3 is 3.16 bits per heavy atom. The molecule has 1 N–H and O–H groups in total. The molecule has 0 radical (unpaired) electrons. The lowest BCUT2D eigenvalue weighted by Crippen LogP contribution is -1.99. The predicted octanol–water partition coefficient (Wildman–Crippen LogP) is 2.72. The smallest absolute Gasteiger partial charge is 0.258 e. The number of aromatic nitrogens is 3. The van der Waals surface area contributed by atoms with Crippen molar-refractivity contribution in [2.45, 2.75) is 12.3 Å². The minimum absolute atomic E-state index is 0.270. The van der Waals surface area contributed by atoms with E-state index in [1.165, 1.54) is 5.39 Å². The van der Waals surface area contributed by atoms with Crippen LogP contribution in [0.15, 0.2) is 35.0 Å². The van der Waals surface area contributed by atoms with E-state index in [9.17, 15) is 0 Å². The third-order valence-corrected chi connectivity index (χ3v) is 3.54. The van der Waals surface area contributed by atoms with Crippen LogP contribution in [0, 0.1) is 0 Å². The number of hydrogen-bond acceptors (Lipinski definition) is 4. The molecule has 0 amide bonds. The molecule has 5 nitrogen and oxygen atoms in total. The average Bonchev–Trinajstić information content (AvgIpc) is 3.18. The number of aromatic amines is 1. The minimum atomic E-state index is 0.270. The Kier molecular flexibility index (Phi) is 2.38. The molecular formula is C14H13N3O2. The molecule has 1 atom stereocenters. The first-order valence-electron chi connectivity index (χ1n) is 6.39. The van der Waals surface area contributed by atoms with Crippen molar-refractivity contribution in [1.82, 2.24) is 15.1 Å². The van der Waals surface area contributed by atoms with Crippen LogP contribution < -0.4 is 0 Å². The first-order chi connectivity index (χ1) is 9.40. The van der Waals surface area contributed by atoms with Gasteiger partial charge in [0.05, 0.1) is 6.61 Å². The van der Waals surface area contributed by atoms with Crippen LogP contribution in [0.3, 0.4) is 0 Å². The molecule has 1 aliphatic heterocycles. The molecule has 0 spiro atoms. The third-order valence-electron chi connectivity index (χ3n) is 3.54. The number of H-pyrrole nitrogens is 1. The van der Waals surface area contributed by atoms with Crippen LogP contribution in [0.2, 0.25) is 0 Å². The van der Waals surface area contributed by atoms with Crippen LogP contribution in [0.5, 0.6) is 0 Å². The highest BCUT2D eigenvalue weighted by molar-refractivity contribution is 5.83. The number of rotatable bonds is 2. The fourth-order valence-electron chi connectivity index (χ4n) is 2.44. The van der Waals surface area contributed by atoms with E-state index < -0.39 is 0 Å². The van der Waals surface area contributed by atoms with E-state index in [-0.39, 0.29) is 5.92 Å². The molecule has 1 saturated heterocycles. The molecule has 0 saturated carbocycles. The van der Waals surface area contributed by atoms with Gasteiger partial charge in [-0.3, -0.25) is 0 Å². The van der Waals surface area contributed by atoms with Gasteiger partial charge in [0.2, 0.25) is 0 Å². The molecule has 2 aromatic heterocycles. The Bertz CT molecular complexity index is 710. The lowest BCUT2D eigenvalue weighted by atomic mass is 10.1. The van der Waals surface area contributed by atoms with E-state index in [1.54, 1.807) is 0 Å². The fraction of sp³-hybridized carbons (Fsp3) is 0.286. The summed E-state index contributed by atoms with van der Waals surface area (Å²) in [5.41, 5.74) is 2.01. The van der Waals surface area contributed by atoms with E-state index in [1.807, 2.05) is 30.5 Å². The highest BCUT2D eigenvalue weighted by Crippen LogP contribution is 2.27. The number of benzene rings is 1. The minimum Gasteiger partial charge on any atom is -0.381 e. The molecule has 0 unspecified atom stereocenters. The van der Waals surface area contributed by atoms with Crippen molar-refractivity contribution in [3.63, 3.8) is 0 Å². The van der Waals surface area contributed by atoms with Gasteiger partial charge in [0, 0.05) is 29.8 Å². The summed E-state index contributed by atoms with van der Waals surface area (Å²) in [5, 5.41) is 5.24. The molecule has 1 aliphatic rings. The third kappa shape index (κ3) is 1.82. The summed E-state index contributed by atoms with van der Waals surface area (Å²) in [6.07, 6.45) is 2.89. The normalized spacial score (nSPS) is 19.3. The Balaban J connectivity index is 1.70. The summed E-state index contributed by atoms with van der Waals surface area (Å²) < 4.78 is 10.7. The van der Waals surface area contributed by atoms with Crippen LogP contribution in [0.1, 0.15) is 18.2 Å². The van der Waals surface area contributed by atoms with Gasteiger partial charge in [0.1, 0.15) is 0 Å². The SMILES string of the molecule is c1cc2ccc(-c3nc([C@H]4CCOC4)no3)cc2[nH]1. The van der Waals surface area contributed by atoms with Crippen molar-refractivity contribution in [3.05, 3.63) is 36.3 Å². The summed E-state index contributed by atoms with van der Waals surface area (Å²) in [6.45, 7) is 1.47. The Hall–Kier alpha value is -2.14. The number of nitrogens with one attached hydrogen (secondary N) is 1. The molecule has 96 valence electrons. The van der Waals surface area contributed by atoms with Gasteiger partial charge in [-0.2, -0.15) is 4.98 Å².